The number of benzene rings is 3. The van der Waals surface area contributed by atoms with Gasteiger partial charge in [0, 0.05) is 26.1 Å². The molecule has 7 heteroatoms. The van der Waals surface area contributed by atoms with E-state index in [4.69, 9.17) is 4.74 Å². The molecule has 3 aromatic carbocycles. The maximum Gasteiger partial charge on any atom is 0.410 e. The van der Waals surface area contributed by atoms with Gasteiger partial charge in [0.05, 0.1) is 0 Å². The number of fused-ring (bicyclic) bond motifs is 2. The third-order valence-electron chi connectivity index (χ3n) is 7.74. The van der Waals surface area contributed by atoms with Crippen LogP contribution in [0.3, 0.4) is 0 Å². The van der Waals surface area contributed by atoms with Crippen molar-refractivity contribution in [2.75, 3.05) is 13.1 Å². The van der Waals surface area contributed by atoms with Crippen LogP contribution in [-0.4, -0.2) is 58.5 Å². The number of hydrogen-bond donors (Lipinski definition) is 1. The minimum atomic E-state index is -0.749. The molecule has 0 bridgehead atoms. The van der Waals surface area contributed by atoms with E-state index in [9.17, 15) is 14.4 Å². The van der Waals surface area contributed by atoms with Gasteiger partial charge >= 0.3 is 6.09 Å². The highest BCUT2D eigenvalue weighted by molar-refractivity contribution is 5.92. The topological polar surface area (TPSA) is 79.0 Å². The summed E-state index contributed by atoms with van der Waals surface area (Å²) >= 11 is 0. The molecule has 7 nitrogen and oxygen atoms in total. The summed E-state index contributed by atoms with van der Waals surface area (Å²) in [4.78, 5) is 44.1. The van der Waals surface area contributed by atoms with Gasteiger partial charge in [-0.3, -0.25) is 14.5 Å². The second-order valence-electron chi connectivity index (χ2n) is 11.9. The Kier molecular flexibility index (Phi) is 8.10. The molecule has 1 N–H and O–H groups in total. The number of ether oxygens (including phenoxy) is 1. The Hall–Kier alpha value is -3.87. The minimum Gasteiger partial charge on any atom is -0.444 e. The van der Waals surface area contributed by atoms with Crippen molar-refractivity contribution < 1.29 is 19.1 Å². The van der Waals surface area contributed by atoms with Crippen molar-refractivity contribution in [3.63, 3.8) is 0 Å². The fourth-order valence-corrected chi connectivity index (χ4v) is 5.72. The van der Waals surface area contributed by atoms with E-state index in [0.717, 1.165) is 41.2 Å². The lowest BCUT2D eigenvalue weighted by Crippen LogP contribution is -2.58. The molecule has 2 atom stereocenters. The van der Waals surface area contributed by atoms with E-state index in [-0.39, 0.29) is 11.8 Å². The third kappa shape index (κ3) is 6.46. The minimum absolute atomic E-state index is 0.101. The quantitative estimate of drug-likeness (QED) is 0.479. The van der Waals surface area contributed by atoms with Gasteiger partial charge in [0.15, 0.2) is 0 Å². The lowest BCUT2D eigenvalue weighted by molar-refractivity contribution is -0.138. The first-order valence-corrected chi connectivity index (χ1v) is 14.3. The molecule has 210 valence electrons. The van der Waals surface area contributed by atoms with E-state index < -0.39 is 23.8 Å². The molecule has 3 aromatic rings. The number of carbonyl (C=O) groups excluding carboxylic acids is 3. The summed E-state index contributed by atoms with van der Waals surface area (Å²) in [5, 5.41) is 5.29. The van der Waals surface area contributed by atoms with Crippen LogP contribution in [0.2, 0.25) is 0 Å². The summed E-state index contributed by atoms with van der Waals surface area (Å²) in [6.45, 7) is 7.04. The summed E-state index contributed by atoms with van der Waals surface area (Å²) in [7, 11) is 0. The van der Waals surface area contributed by atoms with Crippen LogP contribution >= 0.6 is 0 Å². The molecule has 2 unspecified atom stereocenters. The predicted molar refractivity (Wildman–Crippen MR) is 156 cm³/mol. The second-order valence-corrected chi connectivity index (χ2v) is 11.9. The van der Waals surface area contributed by atoms with Crippen molar-refractivity contribution in [2.24, 2.45) is 0 Å². The number of hydrogen-bond acceptors (Lipinski definition) is 4. The summed E-state index contributed by atoms with van der Waals surface area (Å²) < 4.78 is 5.61. The number of piperidine rings is 1. The summed E-state index contributed by atoms with van der Waals surface area (Å²) in [6, 6.07) is 21.0. The zero-order valence-corrected chi connectivity index (χ0v) is 23.7. The molecule has 0 spiro atoms. The Morgan fingerprint density at radius 3 is 2.42 bits per heavy atom. The number of nitrogens with one attached hydrogen (secondary N) is 1. The Morgan fingerprint density at radius 2 is 1.65 bits per heavy atom. The Bertz CT molecular complexity index is 1400. The molecule has 5 rings (SSSR count). The van der Waals surface area contributed by atoms with Crippen LogP contribution in [0.5, 0.6) is 0 Å². The van der Waals surface area contributed by atoms with Gasteiger partial charge in [0.25, 0.3) is 0 Å². The monoisotopic (exact) mass is 541 g/mol. The Balaban J connectivity index is 1.38. The lowest BCUT2D eigenvalue weighted by Gasteiger charge is -2.37. The van der Waals surface area contributed by atoms with Gasteiger partial charge in [0.2, 0.25) is 11.8 Å². The maximum absolute atomic E-state index is 14.0. The first-order valence-electron chi connectivity index (χ1n) is 14.3. The molecule has 2 aliphatic heterocycles. The number of likely N-dealkylation sites (tertiary alicyclic amines) is 1. The van der Waals surface area contributed by atoms with Gasteiger partial charge in [-0.05, 0) is 73.9 Å². The van der Waals surface area contributed by atoms with Crippen molar-refractivity contribution in [1.29, 1.82) is 0 Å². The number of amides is 3. The highest BCUT2D eigenvalue weighted by Gasteiger charge is 2.37. The number of carbonyl (C=O) groups is 3. The predicted octanol–water partition coefficient (Wildman–Crippen LogP) is 5.24. The number of nitrogens with zero attached hydrogens (tertiary/aromatic N) is 2. The molecular weight excluding hydrogens is 502 g/mol. The fourth-order valence-electron chi connectivity index (χ4n) is 5.72. The molecule has 1 saturated heterocycles. The van der Waals surface area contributed by atoms with Gasteiger partial charge in [-0.15, -0.1) is 0 Å². The summed E-state index contributed by atoms with van der Waals surface area (Å²) in [6.07, 6.45) is 2.86. The van der Waals surface area contributed by atoms with Crippen molar-refractivity contribution >= 4 is 28.7 Å². The number of rotatable bonds is 5. The third-order valence-corrected chi connectivity index (χ3v) is 7.74. The average Bonchev–Trinajstić information content (AvgIpc) is 2.95. The normalized spacial score (nSPS) is 18.1. The highest BCUT2D eigenvalue weighted by atomic mass is 16.6. The van der Waals surface area contributed by atoms with Crippen LogP contribution in [0.4, 0.5) is 4.79 Å². The molecule has 0 aromatic heterocycles. The molecule has 3 amide bonds. The van der Waals surface area contributed by atoms with Crippen LogP contribution in [-0.2, 0) is 33.7 Å². The van der Waals surface area contributed by atoms with Crippen molar-refractivity contribution in [3.8, 4) is 0 Å². The van der Waals surface area contributed by atoms with E-state index in [1.165, 1.54) is 10.5 Å². The van der Waals surface area contributed by atoms with Gasteiger partial charge in [-0.25, -0.2) is 4.79 Å². The zero-order chi connectivity index (χ0) is 28.3. The maximum atomic E-state index is 14.0. The molecule has 2 heterocycles. The van der Waals surface area contributed by atoms with E-state index in [1.54, 1.807) is 0 Å². The molecular formula is C33H39N3O4. The standard InChI is InChI=1S/C33H39N3O4/c1-33(2,3)40-32(39)36-18-9-8-14-29(36)30(37)34-28(21-23-15-16-24-10-4-6-12-26(24)20-23)31(38)35-19-17-25-11-5-7-13-27(25)22-35/h4-7,10-13,15-16,20,28-29H,8-9,14,17-19,21-22H2,1-3H3,(H,34,37). The van der Waals surface area contributed by atoms with E-state index in [0.29, 0.717) is 32.5 Å². The zero-order valence-electron chi connectivity index (χ0n) is 23.7. The summed E-state index contributed by atoms with van der Waals surface area (Å²) in [5.41, 5.74) is 2.72. The molecule has 40 heavy (non-hydrogen) atoms. The molecule has 1 fully saturated rings. The molecule has 2 aliphatic rings. The van der Waals surface area contributed by atoms with Crippen LogP contribution in [0.25, 0.3) is 10.8 Å². The van der Waals surface area contributed by atoms with E-state index in [2.05, 4.69) is 41.7 Å². The van der Waals surface area contributed by atoms with Crippen molar-refractivity contribution in [1.82, 2.24) is 15.1 Å². The largest absolute Gasteiger partial charge is 0.444 e. The molecule has 0 aliphatic carbocycles. The summed E-state index contributed by atoms with van der Waals surface area (Å²) in [5.74, 6) is -0.405. The first-order chi connectivity index (χ1) is 19.2. The van der Waals surface area contributed by atoms with E-state index in [1.807, 2.05) is 56.0 Å². The molecule has 0 radical (unpaired) electrons. The van der Waals surface area contributed by atoms with Crippen molar-refractivity contribution in [2.45, 2.75) is 77.1 Å². The first kappa shape index (κ1) is 27.7. The van der Waals surface area contributed by atoms with Crippen molar-refractivity contribution in [3.05, 3.63) is 83.4 Å². The van der Waals surface area contributed by atoms with Crippen LogP contribution in [0.15, 0.2) is 66.7 Å². The Morgan fingerprint density at radius 1 is 0.925 bits per heavy atom. The Labute approximate surface area is 236 Å². The highest BCUT2D eigenvalue weighted by Crippen LogP contribution is 2.24. The molecule has 0 saturated carbocycles. The van der Waals surface area contributed by atoms with Crippen LogP contribution < -0.4 is 5.32 Å². The van der Waals surface area contributed by atoms with Gasteiger partial charge in [0.1, 0.15) is 17.7 Å². The van der Waals surface area contributed by atoms with Gasteiger partial charge < -0.3 is 15.0 Å². The smallest absolute Gasteiger partial charge is 0.410 e. The SMILES string of the molecule is CC(C)(C)OC(=O)N1CCCCC1C(=O)NC(Cc1ccc2ccccc2c1)C(=O)N1CCc2ccccc2C1. The lowest BCUT2D eigenvalue weighted by atomic mass is 9.96. The van der Waals surface area contributed by atoms with Gasteiger partial charge in [-0.2, -0.15) is 0 Å². The van der Waals surface area contributed by atoms with Crippen LogP contribution in [0, 0.1) is 0 Å². The second kappa shape index (κ2) is 11.7. The fraction of sp³-hybridized carbons (Fsp3) is 0.424. The average molecular weight is 542 g/mol. The van der Waals surface area contributed by atoms with Crippen LogP contribution in [0.1, 0.15) is 56.7 Å². The van der Waals surface area contributed by atoms with E-state index >= 15 is 0 Å². The van der Waals surface area contributed by atoms with Gasteiger partial charge in [-0.1, -0.05) is 66.7 Å².